The molecule has 1 N–H and O–H groups in total. The molecule has 0 bridgehead atoms. The number of morpholine rings is 1. The molecule has 0 spiro atoms. The van der Waals surface area contributed by atoms with Crippen LogP contribution in [-0.4, -0.2) is 54.7 Å². The lowest BCUT2D eigenvalue weighted by Crippen LogP contribution is -2.41. The predicted molar refractivity (Wildman–Crippen MR) is 131 cm³/mol. The van der Waals surface area contributed by atoms with Crippen LogP contribution in [0.5, 0.6) is 0 Å². The molecule has 1 aliphatic rings. The highest BCUT2D eigenvalue weighted by molar-refractivity contribution is 7.89. The van der Waals surface area contributed by atoms with E-state index < -0.39 is 10.0 Å². The largest absolute Gasteiger partial charge is 0.379 e. The predicted octanol–water partition coefficient (Wildman–Crippen LogP) is 3.38. The Kier molecular flexibility index (Phi) is 7.16. The van der Waals surface area contributed by atoms with E-state index in [4.69, 9.17) is 4.74 Å². The first-order valence-electron chi connectivity index (χ1n) is 11.4. The van der Waals surface area contributed by atoms with E-state index in [0.29, 0.717) is 49.8 Å². The van der Waals surface area contributed by atoms with Gasteiger partial charge in [0, 0.05) is 24.3 Å². The summed E-state index contributed by atoms with van der Waals surface area (Å²) in [4.78, 5) is 13.0. The van der Waals surface area contributed by atoms with Gasteiger partial charge in [-0.2, -0.15) is 9.40 Å². The Morgan fingerprint density at radius 1 is 1.06 bits per heavy atom. The molecule has 0 unspecified atom stereocenters. The third-order valence-electron chi connectivity index (χ3n) is 6.08. The van der Waals surface area contributed by atoms with E-state index in [0.717, 1.165) is 23.2 Å². The molecule has 34 heavy (non-hydrogen) atoms. The number of rotatable bonds is 7. The van der Waals surface area contributed by atoms with Gasteiger partial charge in [-0.15, -0.1) is 0 Å². The van der Waals surface area contributed by atoms with Crippen LogP contribution in [0, 0.1) is 13.8 Å². The first-order chi connectivity index (χ1) is 16.3. The van der Waals surface area contributed by atoms with Crippen molar-refractivity contribution in [3.63, 3.8) is 0 Å². The van der Waals surface area contributed by atoms with Gasteiger partial charge >= 0.3 is 0 Å². The zero-order valence-corrected chi connectivity index (χ0v) is 20.6. The first-order valence-corrected chi connectivity index (χ1v) is 12.9. The number of aryl methyl sites for hydroxylation is 2. The molecule has 0 radical (unpaired) electrons. The minimum absolute atomic E-state index is 0.169. The van der Waals surface area contributed by atoms with Crippen LogP contribution in [-0.2, 0) is 27.7 Å². The van der Waals surface area contributed by atoms with E-state index in [-0.39, 0.29) is 10.8 Å². The van der Waals surface area contributed by atoms with Gasteiger partial charge in [0.25, 0.3) is 5.91 Å². The quantitative estimate of drug-likeness (QED) is 0.557. The summed E-state index contributed by atoms with van der Waals surface area (Å²) in [5.41, 5.74) is 4.46. The lowest BCUT2D eigenvalue weighted by Gasteiger charge is -2.26. The Balaban J connectivity index is 1.50. The summed E-state index contributed by atoms with van der Waals surface area (Å²) in [5.74, 6) is -0.169. The van der Waals surface area contributed by atoms with Gasteiger partial charge in [0.15, 0.2) is 0 Å². The summed E-state index contributed by atoms with van der Waals surface area (Å²) in [7, 11) is -3.63. The third-order valence-corrected chi connectivity index (χ3v) is 8.23. The summed E-state index contributed by atoms with van der Waals surface area (Å²) in [6.07, 6.45) is 0.835. The molecule has 1 fully saturated rings. The van der Waals surface area contributed by atoms with Crippen molar-refractivity contribution in [1.29, 1.82) is 0 Å². The number of amides is 1. The smallest absolute Gasteiger partial charge is 0.255 e. The van der Waals surface area contributed by atoms with Gasteiger partial charge in [-0.25, -0.2) is 8.42 Å². The van der Waals surface area contributed by atoms with Gasteiger partial charge in [-0.1, -0.05) is 37.3 Å². The molecule has 3 aromatic rings. The van der Waals surface area contributed by atoms with E-state index in [9.17, 15) is 13.2 Å². The standard InChI is InChI=1S/C25H30N4O4S/c1-4-21-7-5-6-8-23(21)26-25(30)22-11-9-20(10-12-22)17-29-19(3)24(18(2)27-29)34(31,32)28-13-15-33-16-14-28/h5-12H,4,13-17H2,1-3H3,(H,26,30). The summed E-state index contributed by atoms with van der Waals surface area (Å²) >= 11 is 0. The number of carbonyl (C=O) groups is 1. The monoisotopic (exact) mass is 482 g/mol. The number of benzene rings is 2. The summed E-state index contributed by atoms with van der Waals surface area (Å²) < 4.78 is 34.8. The first kappa shape index (κ1) is 24.1. The number of sulfonamides is 1. The third kappa shape index (κ3) is 4.91. The van der Waals surface area contributed by atoms with Crippen molar-refractivity contribution in [3.8, 4) is 0 Å². The van der Waals surface area contributed by atoms with E-state index in [1.807, 2.05) is 36.4 Å². The molecule has 2 heterocycles. The molecular weight excluding hydrogens is 452 g/mol. The molecule has 2 aromatic carbocycles. The Hall–Kier alpha value is -3.01. The molecule has 1 saturated heterocycles. The number of hydrogen-bond donors (Lipinski definition) is 1. The fourth-order valence-electron chi connectivity index (χ4n) is 4.20. The Bertz CT molecular complexity index is 1280. The number of ether oxygens (including phenoxy) is 1. The van der Waals surface area contributed by atoms with Crippen LogP contribution in [0.1, 0.15) is 39.8 Å². The SMILES string of the molecule is CCc1ccccc1NC(=O)c1ccc(Cn2nc(C)c(S(=O)(=O)N3CCOCC3)c2C)cc1. The van der Waals surface area contributed by atoms with Crippen molar-refractivity contribution in [2.45, 2.75) is 38.6 Å². The second kappa shape index (κ2) is 10.1. The van der Waals surface area contributed by atoms with E-state index in [1.165, 1.54) is 4.31 Å². The van der Waals surface area contributed by atoms with Gasteiger partial charge in [-0.3, -0.25) is 9.48 Å². The molecule has 0 saturated carbocycles. The van der Waals surface area contributed by atoms with Gasteiger partial charge in [0.1, 0.15) is 4.90 Å². The number of para-hydroxylation sites is 1. The number of aromatic nitrogens is 2. The molecular formula is C25H30N4O4S. The molecule has 0 aliphatic carbocycles. The molecule has 1 aromatic heterocycles. The van der Waals surface area contributed by atoms with Crippen molar-refractivity contribution in [2.75, 3.05) is 31.6 Å². The molecule has 1 aliphatic heterocycles. The molecule has 1 amide bonds. The number of nitrogens with one attached hydrogen (secondary N) is 1. The fraction of sp³-hybridized carbons (Fsp3) is 0.360. The molecule has 0 atom stereocenters. The maximum atomic E-state index is 13.2. The summed E-state index contributed by atoms with van der Waals surface area (Å²) in [6, 6.07) is 15.0. The lowest BCUT2D eigenvalue weighted by atomic mass is 10.1. The zero-order valence-electron chi connectivity index (χ0n) is 19.7. The Morgan fingerprint density at radius 2 is 1.74 bits per heavy atom. The molecule has 9 heteroatoms. The highest BCUT2D eigenvalue weighted by Crippen LogP contribution is 2.25. The topological polar surface area (TPSA) is 93.5 Å². The van der Waals surface area contributed by atoms with Crippen molar-refractivity contribution in [3.05, 3.63) is 76.6 Å². The average molecular weight is 483 g/mol. The minimum Gasteiger partial charge on any atom is -0.379 e. The normalized spacial score (nSPS) is 14.8. The maximum Gasteiger partial charge on any atom is 0.255 e. The number of carbonyl (C=O) groups excluding carboxylic acids is 1. The zero-order chi connectivity index (χ0) is 24.3. The highest BCUT2D eigenvalue weighted by atomic mass is 32.2. The maximum absolute atomic E-state index is 13.2. The van der Waals surface area contributed by atoms with Crippen molar-refractivity contribution >= 4 is 21.6 Å². The van der Waals surface area contributed by atoms with Gasteiger partial charge in [0.2, 0.25) is 10.0 Å². The van der Waals surface area contributed by atoms with Crippen LogP contribution < -0.4 is 5.32 Å². The van der Waals surface area contributed by atoms with Crippen LogP contribution >= 0.6 is 0 Å². The molecule has 8 nitrogen and oxygen atoms in total. The van der Waals surface area contributed by atoms with Crippen LogP contribution in [0.4, 0.5) is 5.69 Å². The van der Waals surface area contributed by atoms with Gasteiger partial charge in [0.05, 0.1) is 31.1 Å². The molecule has 4 rings (SSSR count). The van der Waals surface area contributed by atoms with Crippen molar-refractivity contribution < 1.29 is 17.9 Å². The van der Waals surface area contributed by atoms with Gasteiger partial charge < -0.3 is 10.1 Å². The summed E-state index contributed by atoms with van der Waals surface area (Å²) in [6.45, 7) is 7.45. The van der Waals surface area contributed by atoms with Crippen LogP contribution in [0.15, 0.2) is 53.4 Å². The van der Waals surface area contributed by atoms with Crippen LogP contribution in [0.25, 0.3) is 0 Å². The fourth-order valence-corrected chi connectivity index (χ4v) is 5.98. The van der Waals surface area contributed by atoms with E-state index in [2.05, 4.69) is 17.3 Å². The minimum atomic E-state index is -3.63. The van der Waals surface area contributed by atoms with E-state index in [1.54, 1.807) is 30.7 Å². The molecule has 180 valence electrons. The summed E-state index contributed by atoms with van der Waals surface area (Å²) in [5, 5.41) is 7.48. The van der Waals surface area contributed by atoms with Crippen LogP contribution in [0.2, 0.25) is 0 Å². The van der Waals surface area contributed by atoms with Crippen LogP contribution in [0.3, 0.4) is 0 Å². The van der Waals surface area contributed by atoms with E-state index >= 15 is 0 Å². The number of nitrogens with zero attached hydrogens (tertiary/aromatic N) is 3. The highest BCUT2D eigenvalue weighted by Gasteiger charge is 2.32. The lowest BCUT2D eigenvalue weighted by molar-refractivity contribution is 0.0730. The van der Waals surface area contributed by atoms with Crippen molar-refractivity contribution in [1.82, 2.24) is 14.1 Å². The second-order valence-corrected chi connectivity index (χ2v) is 10.2. The van der Waals surface area contributed by atoms with Gasteiger partial charge in [-0.05, 0) is 49.6 Å². The number of anilines is 1. The number of hydrogen-bond acceptors (Lipinski definition) is 5. The van der Waals surface area contributed by atoms with Crippen molar-refractivity contribution in [2.24, 2.45) is 0 Å². The Morgan fingerprint density at radius 3 is 2.41 bits per heavy atom. The second-order valence-electron chi connectivity index (χ2n) is 8.34. The average Bonchev–Trinajstić information content (AvgIpc) is 3.13. The Labute approximate surface area is 200 Å².